The fraction of sp³-hybridized carbons (Fsp3) is 0.125. The van der Waals surface area contributed by atoms with Crippen LogP contribution in [0.1, 0.15) is 35.8 Å². The highest BCUT2D eigenvalue weighted by molar-refractivity contribution is 6.35. The van der Waals surface area contributed by atoms with E-state index in [-0.39, 0.29) is 11.6 Å². The molecule has 7 heteroatoms. The Hall–Kier alpha value is -3.51. The van der Waals surface area contributed by atoms with E-state index >= 15 is 0 Å². The second kappa shape index (κ2) is 7.03. The van der Waals surface area contributed by atoms with Gasteiger partial charge in [0.15, 0.2) is 0 Å². The van der Waals surface area contributed by atoms with Crippen molar-refractivity contribution in [2.24, 2.45) is 0 Å². The zero-order valence-electron chi connectivity index (χ0n) is 16.8. The summed E-state index contributed by atoms with van der Waals surface area (Å²) in [4.78, 5) is 21.6. The predicted molar refractivity (Wildman–Crippen MR) is 121 cm³/mol. The van der Waals surface area contributed by atoms with Crippen molar-refractivity contribution in [2.75, 3.05) is 0 Å². The molecule has 156 valence electrons. The number of carbonyl (C=O) groups is 1. The Morgan fingerprint density at radius 3 is 2.42 bits per heavy atom. The summed E-state index contributed by atoms with van der Waals surface area (Å²) in [6.07, 6.45) is 3.53. The van der Waals surface area contributed by atoms with E-state index in [9.17, 15) is 14.3 Å². The van der Waals surface area contributed by atoms with E-state index in [1.54, 1.807) is 18.5 Å². The zero-order chi connectivity index (χ0) is 21.9. The number of hydrogen-bond donors (Lipinski definition) is 4. The number of carboxylic acid groups (broad SMARTS) is 1. The Labute approximate surface area is 181 Å². The Balaban J connectivity index is 1.94. The topological polar surface area (TPSA) is 84.7 Å². The smallest absolute Gasteiger partial charge is 0.352 e. The summed E-state index contributed by atoms with van der Waals surface area (Å²) in [5, 5.41) is 12.2. The monoisotopic (exact) mass is 435 g/mol. The summed E-state index contributed by atoms with van der Waals surface area (Å²) < 4.78 is 14.4. The van der Waals surface area contributed by atoms with Crippen molar-refractivity contribution in [2.45, 2.75) is 19.8 Å². The number of halogens is 2. The van der Waals surface area contributed by atoms with Crippen LogP contribution >= 0.6 is 11.6 Å². The van der Waals surface area contributed by atoms with Gasteiger partial charge in [0.05, 0.1) is 5.69 Å². The molecule has 3 aromatic heterocycles. The van der Waals surface area contributed by atoms with E-state index in [0.717, 1.165) is 21.9 Å². The lowest BCUT2D eigenvalue weighted by atomic mass is 9.89. The third-order valence-electron chi connectivity index (χ3n) is 5.67. The second-order valence-electron chi connectivity index (χ2n) is 7.88. The Morgan fingerprint density at radius 2 is 1.71 bits per heavy atom. The minimum absolute atomic E-state index is 0.0299. The van der Waals surface area contributed by atoms with Crippen molar-refractivity contribution in [3.8, 4) is 22.4 Å². The van der Waals surface area contributed by atoms with E-state index in [1.807, 2.05) is 32.0 Å². The number of rotatable bonds is 4. The van der Waals surface area contributed by atoms with Crippen LogP contribution in [-0.4, -0.2) is 26.0 Å². The number of nitrogens with one attached hydrogen (secondary N) is 3. The molecule has 0 amide bonds. The van der Waals surface area contributed by atoms with Crippen LogP contribution < -0.4 is 0 Å². The van der Waals surface area contributed by atoms with Crippen molar-refractivity contribution in [1.29, 1.82) is 0 Å². The zero-order valence-corrected chi connectivity index (χ0v) is 17.6. The van der Waals surface area contributed by atoms with Crippen molar-refractivity contribution in [3.05, 3.63) is 70.9 Å². The molecular weight excluding hydrogens is 417 g/mol. The highest BCUT2D eigenvalue weighted by Gasteiger charge is 2.29. The maximum absolute atomic E-state index is 14.4. The summed E-state index contributed by atoms with van der Waals surface area (Å²) >= 11 is 6.62. The minimum atomic E-state index is -1.10. The van der Waals surface area contributed by atoms with E-state index in [4.69, 9.17) is 11.6 Å². The number of H-pyrrole nitrogens is 3. The molecule has 0 unspecified atom stereocenters. The standard InChI is InChI=1S/C24H19ClFN3O2/c1-11(2)19-21(20-14-6-8-27-17(14)4-3-16(20)25)23(24(30)31)29-22(19)15-9-12(26)10-18-13(15)5-7-28-18/h3-11,27-29H,1-2H3,(H,30,31). The molecule has 5 rings (SSSR count). The molecule has 0 saturated carbocycles. The van der Waals surface area contributed by atoms with Gasteiger partial charge in [0.1, 0.15) is 11.5 Å². The Kier molecular flexibility index (Phi) is 4.41. The Morgan fingerprint density at radius 1 is 1.00 bits per heavy atom. The first-order valence-electron chi connectivity index (χ1n) is 9.89. The quantitative estimate of drug-likeness (QED) is 0.247. The van der Waals surface area contributed by atoms with Gasteiger partial charge in [-0.15, -0.1) is 0 Å². The molecule has 5 aromatic rings. The molecule has 0 bridgehead atoms. The third kappa shape index (κ3) is 2.94. The van der Waals surface area contributed by atoms with Gasteiger partial charge in [0, 0.05) is 55.9 Å². The van der Waals surface area contributed by atoms with Crippen LogP contribution in [0, 0.1) is 5.82 Å². The first-order chi connectivity index (χ1) is 14.9. The van der Waals surface area contributed by atoms with E-state index in [0.29, 0.717) is 32.9 Å². The molecule has 4 N–H and O–H groups in total. The molecule has 0 aliphatic rings. The van der Waals surface area contributed by atoms with Gasteiger partial charge in [0.2, 0.25) is 0 Å². The van der Waals surface area contributed by atoms with Crippen LogP contribution in [0.4, 0.5) is 4.39 Å². The lowest BCUT2D eigenvalue weighted by Crippen LogP contribution is -2.00. The number of hydrogen-bond acceptors (Lipinski definition) is 1. The molecule has 5 nitrogen and oxygen atoms in total. The number of fused-ring (bicyclic) bond motifs is 2. The summed E-state index contributed by atoms with van der Waals surface area (Å²) in [5.74, 6) is -1.57. The van der Waals surface area contributed by atoms with Crippen LogP contribution in [0.2, 0.25) is 5.02 Å². The first-order valence-corrected chi connectivity index (χ1v) is 10.3. The predicted octanol–water partition coefficient (Wildman–Crippen LogP) is 6.93. The molecule has 2 aromatic carbocycles. The highest BCUT2D eigenvalue weighted by Crippen LogP contribution is 2.46. The molecule has 31 heavy (non-hydrogen) atoms. The summed E-state index contributed by atoms with van der Waals surface area (Å²) in [7, 11) is 0. The van der Waals surface area contributed by atoms with Gasteiger partial charge in [-0.3, -0.25) is 0 Å². The number of aromatic amines is 3. The van der Waals surface area contributed by atoms with Gasteiger partial charge < -0.3 is 20.1 Å². The van der Waals surface area contributed by atoms with Gasteiger partial charge in [0.25, 0.3) is 0 Å². The van der Waals surface area contributed by atoms with Gasteiger partial charge >= 0.3 is 5.97 Å². The van der Waals surface area contributed by atoms with Crippen LogP contribution in [0.25, 0.3) is 44.2 Å². The molecule has 0 spiro atoms. The SMILES string of the molecule is CC(C)c1c(-c2cc(F)cc3[nH]ccc23)[nH]c(C(=O)O)c1-c1c(Cl)ccc2[nH]ccc12. The highest BCUT2D eigenvalue weighted by atomic mass is 35.5. The summed E-state index contributed by atoms with van der Waals surface area (Å²) in [5.41, 5.74) is 4.66. The summed E-state index contributed by atoms with van der Waals surface area (Å²) in [6, 6.07) is 10.2. The maximum atomic E-state index is 14.4. The van der Waals surface area contributed by atoms with E-state index < -0.39 is 11.8 Å². The first kappa shape index (κ1) is 19.5. The van der Waals surface area contributed by atoms with Crippen LogP contribution in [-0.2, 0) is 0 Å². The lowest BCUT2D eigenvalue weighted by Gasteiger charge is -2.14. The average Bonchev–Trinajstić information content (AvgIpc) is 3.44. The van der Waals surface area contributed by atoms with Crippen molar-refractivity contribution in [3.63, 3.8) is 0 Å². The van der Waals surface area contributed by atoms with Gasteiger partial charge in [-0.25, -0.2) is 9.18 Å². The number of aromatic carboxylic acids is 1. The van der Waals surface area contributed by atoms with E-state index in [1.165, 1.54) is 12.1 Å². The number of carboxylic acids is 1. The van der Waals surface area contributed by atoms with Crippen molar-refractivity contribution < 1.29 is 14.3 Å². The third-order valence-corrected chi connectivity index (χ3v) is 5.98. The molecule has 0 atom stereocenters. The lowest BCUT2D eigenvalue weighted by molar-refractivity contribution is 0.0692. The van der Waals surface area contributed by atoms with Gasteiger partial charge in [-0.1, -0.05) is 25.4 Å². The van der Waals surface area contributed by atoms with Gasteiger partial charge in [-0.05, 0) is 47.9 Å². The number of benzene rings is 2. The fourth-order valence-corrected chi connectivity index (χ4v) is 4.68. The van der Waals surface area contributed by atoms with E-state index in [2.05, 4.69) is 15.0 Å². The second-order valence-corrected chi connectivity index (χ2v) is 8.28. The largest absolute Gasteiger partial charge is 0.477 e. The Bertz CT molecular complexity index is 1480. The molecular formula is C24H19ClFN3O2. The number of aromatic nitrogens is 3. The van der Waals surface area contributed by atoms with Crippen LogP contribution in [0.5, 0.6) is 0 Å². The molecule has 0 aliphatic carbocycles. The molecule has 0 fully saturated rings. The van der Waals surface area contributed by atoms with Crippen molar-refractivity contribution >= 4 is 39.4 Å². The normalized spacial score (nSPS) is 11.8. The van der Waals surface area contributed by atoms with Crippen molar-refractivity contribution in [1.82, 2.24) is 15.0 Å². The van der Waals surface area contributed by atoms with Crippen LogP contribution in [0.3, 0.4) is 0 Å². The fourth-order valence-electron chi connectivity index (χ4n) is 4.42. The van der Waals surface area contributed by atoms with Gasteiger partial charge in [-0.2, -0.15) is 0 Å². The minimum Gasteiger partial charge on any atom is -0.477 e. The molecule has 0 aliphatic heterocycles. The maximum Gasteiger partial charge on any atom is 0.352 e. The average molecular weight is 436 g/mol. The van der Waals surface area contributed by atoms with Crippen LogP contribution in [0.15, 0.2) is 48.8 Å². The molecule has 3 heterocycles. The molecule has 0 radical (unpaired) electrons. The summed E-state index contributed by atoms with van der Waals surface area (Å²) in [6.45, 7) is 3.97. The molecule has 0 saturated heterocycles.